The minimum atomic E-state index is -1.23. The summed E-state index contributed by atoms with van der Waals surface area (Å²) in [6, 6.07) is 1.95. The quantitative estimate of drug-likeness (QED) is 0.620. The zero-order valence-corrected chi connectivity index (χ0v) is 13.1. The second-order valence-corrected chi connectivity index (χ2v) is 7.59. The molecular weight excluding hydrogens is 300 g/mol. The van der Waals surface area contributed by atoms with Crippen molar-refractivity contribution in [2.75, 3.05) is 0 Å². The van der Waals surface area contributed by atoms with Gasteiger partial charge in [-0.1, -0.05) is 4.40 Å². The van der Waals surface area contributed by atoms with Crippen LogP contribution in [-0.4, -0.2) is 20.0 Å². The van der Waals surface area contributed by atoms with Crippen LogP contribution < -0.4 is 0 Å². The van der Waals surface area contributed by atoms with Gasteiger partial charge >= 0.3 is 0 Å². The van der Waals surface area contributed by atoms with Crippen LogP contribution in [0.15, 0.2) is 21.1 Å². The third-order valence-electron chi connectivity index (χ3n) is 2.19. The predicted octanol–water partition coefficient (Wildman–Crippen LogP) is 3.42. The zero-order chi connectivity index (χ0) is 13.2. The standard InChI is InChI=1S/C12H17BrN2OS/c1-8(15-17(16)12(3,4)5)10-6-11(13)9(2)14-7-10/h6-7H,1-5H3/b15-8+/t17-/m1/s1. The molecule has 0 aromatic carbocycles. The Bertz CT molecular complexity index is 441. The fourth-order valence-electron chi connectivity index (χ4n) is 1.02. The number of halogens is 1. The number of pyridine rings is 1. The van der Waals surface area contributed by atoms with Crippen LogP contribution in [0.4, 0.5) is 0 Å². The predicted molar refractivity (Wildman–Crippen MR) is 76.8 cm³/mol. The molecule has 1 heterocycles. The van der Waals surface area contributed by atoms with E-state index in [4.69, 9.17) is 0 Å². The van der Waals surface area contributed by atoms with Gasteiger partial charge in [0.15, 0.2) is 0 Å². The van der Waals surface area contributed by atoms with Gasteiger partial charge in [0, 0.05) is 16.2 Å². The lowest BCUT2D eigenvalue weighted by Gasteiger charge is -2.18. The molecule has 0 N–H and O–H groups in total. The SMILES string of the molecule is C/C(=N\[S@+]([O-])C(C)(C)C)c1cnc(C)c(Br)c1. The summed E-state index contributed by atoms with van der Waals surface area (Å²) in [7, 11) is 0. The number of aryl methyl sites for hydroxylation is 1. The lowest BCUT2D eigenvalue weighted by Crippen LogP contribution is -2.26. The molecule has 0 bridgehead atoms. The van der Waals surface area contributed by atoms with Crippen molar-refractivity contribution in [1.29, 1.82) is 0 Å². The fourth-order valence-corrected chi connectivity index (χ4v) is 2.00. The summed E-state index contributed by atoms with van der Waals surface area (Å²) < 4.78 is 16.7. The van der Waals surface area contributed by atoms with Crippen LogP contribution in [0.3, 0.4) is 0 Å². The zero-order valence-electron chi connectivity index (χ0n) is 10.7. The molecular formula is C12H17BrN2OS. The van der Waals surface area contributed by atoms with Crippen LogP contribution in [0.5, 0.6) is 0 Å². The van der Waals surface area contributed by atoms with E-state index in [1.807, 2.05) is 40.7 Å². The van der Waals surface area contributed by atoms with Gasteiger partial charge in [-0.05, 0) is 56.6 Å². The van der Waals surface area contributed by atoms with Gasteiger partial charge in [0.05, 0.1) is 11.4 Å². The first-order chi connectivity index (χ1) is 7.71. The Hall–Kier alpha value is -0.390. The van der Waals surface area contributed by atoms with Gasteiger partial charge in [-0.3, -0.25) is 4.98 Å². The van der Waals surface area contributed by atoms with E-state index in [1.54, 1.807) is 6.20 Å². The first-order valence-electron chi connectivity index (χ1n) is 5.31. The van der Waals surface area contributed by atoms with E-state index < -0.39 is 11.4 Å². The van der Waals surface area contributed by atoms with E-state index in [1.165, 1.54) is 0 Å². The molecule has 0 spiro atoms. The molecule has 94 valence electrons. The second-order valence-electron chi connectivity index (χ2n) is 4.83. The van der Waals surface area contributed by atoms with Crippen LogP contribution in [0, 0.1) is 6.92 Å². The third kappa shape index (κ3) is 4.08. The van der Waals surface area contributed by atoms with Crippen molar-refractivity contribution in [1.82, 2.24) is 4.98 Å². The Balaban J connectivity index is 3.00. The molecule has 5 heteroatoms. The van der Waals surface area contributed by atoms with E-state index in [0.29, 0.717) is 0 Å². The smallest absolute Gasteiger partial charge is 0.144 e. The third-order valence-corrected chi connectivity index (χ3v) is 4.48. The summed E-state index contributed by atoms with van der Waals surface area (Å²) in [5.41, 5.74) is 2.56. The Kier molecular flexibility index (Phi) is 4.75. The molecule has 17 heavy (non-hydrogen) atoms. The summed E-state index contributed by atoms with van der Waals surface area (Å²) >= 11 is 2.19. The van der Waals surface area contributed by atoms with Crippen molar-refractivity contribution in [2.24, 2.45) is 4.40 Å². The molecule has 0 saturated heterocycles. The fraction of sp³-hybridized carbons (Fsp3) is 0.500. The monoisotopic (exact) mass is 316 g/mol. The number of hydrogen-bond acceptors (Lipinski definition) is 3. The molecule has 0 unspecified atom stereocenters. The van der Waals surface area contributed by atoms with Gasteiger partial charge in [-0.15, -0.1) is 0 Å². The van der Waals surface area contributed by atoms with Crippen molar-refractivity contribution in [3.8, 4) is 0 Å². The minimum Gasteiger partial charge on any atom is -0.591 e. The van der Waals surface area contributed by atoms with Crippen molar-refractivity contribution >= 4 is 33.0 Å². The lowest BCUT2D eigenvalue weighted by molar-refractivity contribution is 0.561. The molecule has 1 aromatic rings. The number of aromatic nitrogens is 1. The Labute approximate surface area is 114 Å². The number of hydrogen-bond donors (Lipinski definition) is 0. The highest BCUT2D eigenvalue weighted by Crippen LogP contribution is 2.20. The van der Waals surface area contributed by atoms with E-state index in [2.05, 4.69) is 25.3 Å². The van der Waals surface area contributed by atoms with Gasteiger partial charge in [-0.25, -0.2) is 0 Å². The van der Waals surface area contributed by atoms with Gasteiger partial charge in [0.25, 0.3) is 0 Å². The summed E-state index contributed by atoms with van der Waals surface area (Å²) in [6.07, 6.45) is 1.75. The van der Waals surface area contributed by atoms with Crippen molar-refractivity contribution in [3.63, 3.8) is 0 Å². The average molecular weight is 317 g/mol. The maximum absolute atomic E-state index is 11.9. The Morgan fingerprint density at radius 1 is 1.47 bits per heavy atom. The van der Waals surface area contributed by atoms with E-state index >= 15 is 0 Å². The topological polar surface area (TPSA) is 48.3 Å². The first kappa shape index (κ1) is 14.7. The molecule has 0 fully saturated rings. The highest BCUT2D eigenvalue weighted by atomic mass is 79.9. The van der Waals surface area contributed by atoms with Crippen molar-refractivity contribution < 1.29 is 4.55 Å². The van der Waals surface area contributed by atoms with Crippen LogP contribution >= 0.6 is 15.9 Å². The number of rotatable bonds is 2. The summed E-state index contributed by atoms with van der Waals surface area (Å²) in [6.45, 7) is 9.49. The van der Waals surface area contributed by atoms with E-state index in [9.17, 15) is 4.55 Å². The molecule has 0 radical (unpaired) electrons. The molecule has 1 aromatic heterocycles. The molecule has 1 rings (SSSR count). The van der Waals surface area contributed by atoms with Gasteiger partial charge in [-0.2, -0.15) is 0 Å². The molecule has 0 aliphatic rings. The highest BCUT2D eigenvalue weighted by Gasteiger charge is 2.26. The maximum Gasteiger partial charge on any atom is 0.144 e. The largest absolute Gasteiger partial charge is 0.591 e. The highest BCUT2D eigenvalue weighted by molar-refractivity contribution is 9.10. The van der Waals surface area contributed by atoms with Crippen LogP contribution in [0.1, 0.15) is 39.0 Å². The maximum atomic E-state index is 11.9. The van der Waals surface area contributed by atoms with E-state index in [-0.39, 0.29) is 4.75 Å². The van der Waals surface area contributed by atoms with Crippen LogP contribution in [0.25, 0.3) is 0 Å². The number of nitrogens with zero attached hydrogens (tertiary/aromatic N) is 2. The summed E-state index contributed by atoms with van der Waals surface area (Å²) in [5, 5.41) is 0. The van der Waals surface area contributed by atoms with Gasteiger partial charge in [0.2, 0.25) is 0 Å². The second kappa shape index (κ2) is 5.50. The molecule has 0 aliphatic heterocycles. The van der Waals surface area contributed by atoms with Crippen molar-refractivity contribution in [3.05, 3.63) is 28.0 Å². The molecule has 0 amide bonds. The lowest BCUT2D eigenvalue weighted by atomic mass is 10.2. The Morgan fingerprint density at radius 3 is 2.53 bits per heavy atom. The van der Waals surface area contributed by atoms with Crippen LogP contribution in [-0.2, 0) is 11.4 Å². The molecule has 0 saturated carbocycles. The summed E-state index contributed by atoms with van der Waals surface area (Å²) in [4.78, 5) is 4.24. The van der Waals surface area contributed by atoms with E-state index in [0.717, 1.165) is 21.4 Å². The minimum absolute atomic E-state index is 0.337. The summed E-state index contributed by atoms with van der Waals surface area (Å²) in [5.74, 6) is 0. The van der Waals surface area contributed by atoms with Crippen LogP contribution in [0.2, 0.25) is 0 Å². The molecule has 0 aliphatic carbocycles. The Morgan fingerprint density at radius 2 is 2.06 bits per heavy atom. The van der Waals surface area contributed by atoms with Gasteiger partial charge in [0.1, 0.15) is 16.1 Å². The normalized spacial score (nSPS) is 14.9. The average Bonchev–Trinajstić information content (AvgIpc) is 2.20. The first-order valence-corrected chi connectivity index (χ1v) is 7.21. The molecule has 3 nitrogen and oxygen atoms in total. The van der Waals surface area contributed by atoms with Gasteiger partial charge < -0.3 is 4.55 Å². The molecule has 1 atom stereocenters. The van der Waals surface area contributed by atoms with Crippen molar-refractivity contribution in [2.45, 2.75) is 39.4 Å².